The van der Waals surface area contributed by atoms with Crippen LogP contribution in [-0.2, 0) is 11.3 Å². The lowest BCUT2D eigenvalue weighted by Crippen LogP contribution is -2.49. The van der Waals surface area contributed by atoms with E-state index in [2.05, 4.69) is 10.2 Å². The van der Waals surface area contributed by atoms with Crippen LogP contribution in [0.3, 0.4) is 0 Å². The SMILES string of the molecule is CC(C)C(=N)/C=C\C(=N)c1ccc(Oc2cc(C(=O)NC3CCN(C4CCOCC4)CC3)c(F)cc2CN2CCSC2=O)cc1. The molecule has 0 unspecified atom stereocenters. The van der Waals surface area contributed by atoms with Gasteiger partial charge < -0.3 is 35.4 Å². The Hall–Kier alpha value is -3.54. The molecule has 0 aromatic heterocycles. The Kier molecular flexibility index (Phi) is 11.1. The van der Waals surface area contributed by atoms with Gasteiger partial charge in [0.05, 0.1) is 17.8 Å². The molecular weight excluding hydrogens is 593 g/mol. The topological polar surface area (TPSA) is 119 Å². The van der Waals surface area contributed by atoms with Gasteiger partial charge in [0.15, 0.2) is 0 Å². The molecule has 0 spiro atoms. The van der Waals surface area contributed by atoms with Gasteiger partial charge in [0, 0.05) is 62.0 Å². The monoisotopic (exact) mass is 635 g/mol. The fourth-order valence-corrected chi connectivity index (χ4v) is 6.60. The van der Waals surface area contributed by atoms with Gasteiger partial charge in [-0.15, -0.1) is 0 Å². The van der Waals surface area contributed by atoms with E-state index in [4.69, 9.17) is 20.3 Å². The summed E-state index contributed by atoms with van der Waals surface area (Å²) < 4.78 is 27.2. The zero-order chi connectivity index (χ0) is 31.9. The molecule has 0 radical (unpaired) electrons. The van der Waals surface area contributed by atoms with E-state index in [1.165, 1.54) is 23.9 Å². The summed E-state index contributed by atoms with van der Waals surface area (Å²) >= 11 is 1.23. The molecule has 3 saturated heterocycles. The van der Waals surface area contributed by atoms with Gasteiger partial charge in [-0.2, -0.15) is 0 Å². The largest absolute Gasteiger partial charge is 0.457 e. The average molecular weight is 636 g/mol. The van der Waals surface area contributed by atoms with Crippen molar-refractivity contribution in [2.75, 3.05) is 38.6 Å². The van der Waals surface area contributed by atoms with Crippen molar-refractivity contribution in [1.29, 1.82) is 10.8 Å². The molecule has 2 amide bonds. The van der Waals surface area contributed by atoms with Crippen LogP contribution < -0.4 is 10.1 Å². The fraction of sp³-hybridized carbons (Fsp3) is 0.471. The molecule has 45 heavy (non-hydrogen) atoms. The van der Waals surface area contributed by atoms with Crippen molar-refractivity contribution in [3.63, 3.8) is 0 Å². The number of carbonyl (C=O) groups is 2. The number of amides is 2. The summed E-state index contributed by atoms with van der Waals surface area (Å²) in [6.45, 7) is 7.93. The van der Waals surface area contributed by atoms with Gasteiger partial charge >= 0.3 is 0 Å². The molecule has 3 fully saturated rings. The zero-order valence-electron chi connectivity index (χ0n) is 25.9. The van der Waals surface area contributed by atoms with Crippen LogP contribution in [0.4, 0.5) is 9.18 Å². The lowest BCUT2D eigenvalue weighted by molar-refractivity contribution is 0.0238. The minimum absolute atomic E-state index is 0.0440. The second-order valence-corrected chi connectivity index (χ2v) is 13.1. The lowest BCUT2D eigenvalue weighted by atomic mass is 9.99. The van der Waals surface area contributed by atoms with Crippen molar-refractivity contribution >= 4 is 34.3 Å². The van der Waals surface area contributed by atoms with Gasteiger partial charge in [-0.25, -0.2) is 4.39 Å². The molecule has 0 atom stereocenters. The number of nitrogens with one attached hydrogen (secondary N) is 3. The number of halogens is 1. The van der Waals surface area contributed by atoms with Crippen molar-refractivity contribution in [3.8, 4) is 11.5 Å². The fourth-order valence-electron chi connectivity index (χ4n) is 5.78. The Bertz CT molecular complexity index is 1430. The van der Waals surface area contributed by atoms with Gasteiger partial charge in [-0.3, -0.25) is 9.59 Å². The summed E-state index contributed by atoms with van der Waals surface area (Å²) in [4.78, 5) is 29.8. The Balaban J connectivity index is 1.30. The number of thioether (sulfide) groups is 1. The van der Waals surface area contributed by atoms with Crippen molar-refractivity contribution in [2.24, 2.45) is 5.92 Å². The van der Waals surface area contributed by atoms with E-state index in [9.17, 15) is 9.59 Å². The average Bonchev–Trinajstić information content (AvgIpc) is 3.45. The van der Waals surface area contributed by atoms with E-state index in [0.29, 0.717) is 46.7 Å². The van der Waals surface area contributed by atoms with Crippen LogP contribution in [0.1, 0.15) is 61.0 Å². The number of rotatable bonds is 11. The molecular formula is C34H42FN5O4S. The predicted octanol–water partition coefficient (Wildman–Crippen LogP) is 6.26. The highest BCUT2D eigenvalue weighted by atomic mass is 32.2. The number of hydrogen-bond acceptors (Lipinski definition) is 8. The molecule has 2 aromatic carbocycles. The van der Waals surface area contributed by atoms with Gasteiger partial charge in [0.1, 0.15) is 17.3 Å². The van der Waals surface area contributed by atoms with E-state index < -0.39 is 11.7 Å². The van der Waals surface area contributed by atoms with Gasteiger partial charge in [0.2, 0.25) is 0 Å². The van der Waals surface area contributed by atoms with Crippen LogP contribution in [0, 0.1) is 22.6 Å². The summed E-state index contributed by atoms with van der Waals surface area (Å²) in [5, 5.41) is 19.3. The molecule has 0 saturated carbocycles. The standard InChI is InChI=1S/C34H42FN5O4S/c1-22(2)30(36)7-8-31(37)23-3-5-27(6-4-23)44-32-20-28(29(35)19-24(32)21-40-15-18-45-34(40)42)33(41)38-25-9-13-39(14-10-25)26-11-16-43-17-12-26/h3-8,19-20,22,25-26,36-37H,9-18,21H2,1-2H3,(H,38,41)/b8-7-,36-30?,37-31?. The van der Waals surface area contributed by atoms with Crippen LogP contribution in [-0.4, -0.2) is 83.1 Å². The minimum atomic E-state index is -0.656. The Labute approximate surface area is 268 Å². The predicted molar refractivity (Wildman–Crippen MR) is 176 cm³/mol. The molecule has 5 rings (SSSR count). The first-order chi connectivity index (χ1) is 21.7. The molecule has 3 aliphatic rings. The number of piperidine rings is 1. The van der Waals surface area contributed by atoms with Crippen LogP contribution in [0.5, 0.6) is 11.5 Å². The number of likely N-dealkylation sites (tertiary alicyclic amines) is 1. The highest BCUT2D eigenvalue weighted by molar-refractivity contribution is 8.13. The zero-order valence-corrected chi connectivity index (χ0v) is 26.8. The van der Waals surface area contributed by atoms with Gasteiger partial charge in [-0.1, -0.05) is 25.6 Å². The van der Waals surface area contributed by atoms with E-state index in [1.54, 1.807) is 41.3 Å². The van der Waals surface area contributed by atoms with Crippen LogP contribution in [0.2, 0.25) is 0 Å². The summed E-state index contributed by atoms with van der Waals surface area (Å²) in [6.07, 6.45) is 6.89. The molecule has 3 heterocycles. The first kappa shape index (κ1) is 32.8. The normalized spacial score (nSPS) is 18.6. The number of benzene rings is 2. The first-order valence-electron chi connectivity index (χ1n) is 15.7. The third-order valence-corrected chi connectivity index (χ3v) is 9.51. The second-order valence-electron chi connectivity index (χ2n) is 12.1. The van der Waals surface area contributed by atoms with Crippen LogP contribution >= 0.6 is 11.8 Å². The van der Waals surface area contributed by atoms with Crippen molar-refractivity contribution < 1.29 is 23.5 Å². The molecule has 3 N–H and O–H groups in total. The van der Waals surface area contributed by atoms with Crippen LogP contribution in [0.15, 0.2) is 48.6 Å². The third kappa shape index (κ3) is 8.59. The highest BCUT2D eigenvalue weighted by Crippen LogP contribution is 2.32. The maximum Gasteiger partial charge on any atom is 0.282 e. The molecule has 0 bridgehead atoms. The summed E-state index contributed by atoms with van der Waals surface area (Å²) in [6, 6.07) is 10.1. The highest BCUT2D eigenvalue weighted by Gasteiger charge is 2.29. The smallest absolute Gasteiger partial charge is 0.282 e. The van der Waals surface area contributed by atoms with Crippen LogP contribution in [0.25, 0.3) is 0 Å². The summed E-state index contributed by atoms with van der Waals surface area (Å²) in [5.41, 5.74) is 1.73. The van der Waals surface area contributed by atoms with Gasteiger partial charge in [-0.05, 0) is 85.7 Å². The first-order valence-corrected chi connectivity index (χ1v) is 16.7. The Morgan fingerprint density at radius 2 is 1.80 bits per heavy atom. The van der Waals surface area contributed by atoms with Gasteiger partial charge in [0.25, 0.3) is 11.1 Å². The second kappa shape index (κ2) is 15.2. The number of nitrogens with zero attached hydrogens (tertiary/aromatic N) is 2. The summed E-state index contributed by atoms with van der Waals surface area (Å²) in [7, 11) is 0. The molecule has 240 valence electrons. The van der Waals surface area contributed by atoms with E-state index in [0.717, 1.165) is 52.0 Å². The van der Waals surface area contributed by atoms with Crippen molar-refractivity contribution in [2.45, 2.75) is 58.2 Å². The number of hydrogen-bond donors (Lipinski definition) is 3. The van der Waals surface area contributed by atoms with Crippen molar-refractivity contribution in [1.82, 2.24) is 15.1 Å². The molecule has 0 aliphatic carbocycles. The summed E-state index contributed by atoms with van der Waals surface area (Å²) in [5.74, 6) is 0.358. The molecule has 9 nitrogen and oxygen atoms in total. The third-order valence-electron chi connectivity index (χ3n) is 8.62. The molecule has 3 aliphatic heterocycles. The van der Waals surface area contributed by atoms with Crippen molar-refractivity contribution in [3.05, 3.63) is 71.1 Å². The number of carbonyl (C=O) groups excluding carboxylic acids is 2. The molecule has 11 heteroatoms. The van der Waals surface area contributed by atoms with E-state index in [1.807, 2.05) is 13.8 Å². The molecule has 2 aromatic rings. The van der Waals surface area contributed by atoms with E-state index in [-0.39, 0.29) is 35.0 Å². The Morgan fingerprint density at radius 1 is 1.09 bits per heavy atom. The Morgan fingerprint density at radius 3 is 2.44 bits per heavy atom. The maximum atomic E-state index is 15.5. The lowest BCUT2D eigenvalue weighted by Gasteiger charge is -2.39. The quantitative estimate of drug-likeness (QED) is 0.251. The van der Waals surface area contributed by atoms with E-state index >= 15 is 4.39 Å². The minimum Gasteiger partial charge on any atom is -0.457 e. The number of ether oxygens (including phenoxy) is 2. The number of allylic oxidation sites excluding steroid dienone is 2. The maximum absolute atomic E-state index is 15.5.